The fourth-order valence-electron chi connectivity index (χ4n) is 4.29. The molecule has 6 heteroatoms. The maximum atomic E-state index is 12.4. The van der Waals surface area contributed by atoms with Gasteiger partial charge in [-0.1, -0.05) is 0 Å². The summed E-state index contributed by atoms with van der Waals surface area (Å²) in [5.74, 6) is 1.60. The number of carbonyl (C=O) groups excluding carboxylic acids is 1. The Hall–Kier alpha value is -0.950. The SMILES string of the molecule is Cc1ccc(CN2C[C@@H]3COC[C@@H](CC(=O)N4CCCO4)[C@@H]3C2)s1. The van der Waals surface area contributed by atoms with E-state index in [4.69, 9.17) is 9.57 Å². The van der Waals surface area contributed by atoms with Gasteiger partial charge in [0, 0.05) is 35.8 Å². The summed E-state index contributed by atoms with van der Waals surface area (Å²) < 4.78 is 5.83. The molecule has 3 fully saturated rings. The number of fused-ring (bicyclic) bond motifs is 1. The highest BCUT2D eigenvalue weighted by molar-refractivity contribution is 7.11. The molecule has 0 aromatic carbocycles. The Morgan fingerprint density at radius 3 is 3.00 bits per heavy atom. The van der Waals surface area contributed by atoms with E-state index in [2.05, 4.69) is 24.0 Å². The van der Waals surface area contributed by atoms with Crippen LogP contribution in [0.25, 0.3) is 0 Å². The fraction of sp³-hybridized carbons (Fsp3) is 0.722. The zero-order valence-electron chi connectivity index (χ0n) is 14.3. The highest BCUT2D eigenvalue weighted by Crippen LogP contribution is 2.37. The van der Waals surface area contributed by atoms with Gasteiger partial charge in [-0.2, -0.15) is 0 Å². The molecule has 1 aromatic rings. The van der Waals surface area contributed by atoms with Crippen molar-refractivity contribution in [2.24, 2.45) is 17.8 Å². The van der Waals surface area contributed by atoms with Gasteiger partial charge in [-0.25, -0.2) is 5.06 Å². The minimum atomic E-state index is 0.133. The third-order valence-electron chi connectivity index (χ3n) is 5.48. The van der Waals surface area contributed by atoms with Gasteiger partial charge < -0.3 is 4.74 Å². The Labute approximate surface area is 147 Å². The van der Waals surface area contributed by atoms with Crippen LogP contribution >= 0.6 is 11.3 Å². The second kappa shape index (κ2) is 7.12. The summed E-state index contributed by atoms with van der Waals surface area (Å²) in [5, 5.41) is 1.56. The van der Waals surface area contributed by atoms with Gasteiger partial charge in [0.2, 0.25) is 5.91 Å². The second-order valence-corrected chi connectivity index (χ2v) is 8.69. The van der Waals surface area contributed by atoms with Crippen molar-refractivity contribution in [2.45, 2.75) is 26.3 Å². The maximum absolute atomic E-state index is 12.4. The Morgan fingerprint density at radius 2 is 2.25 bits per heavy atom. The molecular formula is C18H26N2O3S. The van der Waals surface area contributed by atoms with Crippen molar-refractivity contribution in [1.82, 2.24) is 9.96 Å². The first-order valence-electron chi connectivity index (χ1n) is 8.98. The molecule has 0 bridgehead atoms. The number of thiophene rings is 1. The summed E-state index contributed by atoms with van der Waals surface area (Å²) in [6.45, 7) is 8.34. The van der Waals surface area contributed by atoms with Gasteiger partial charge in [0.15, 0.2) is 0 Å². The second-order valence-electron chi connectivity index (χ2n) is 7.31. The van der Waals surface area contributed by atoms with Gasteiger partial charge >= 0.3 is 0 Å². The normalized spacial score (nSPS) is 30.7. The van der Waals surface area contributed by atoms with Crippen LogP contribution in [0.1, 0.15) is 22.6 Å². The van der Waals surface area contributed by atoms with Gasteiger partial charge in [0.25, 0.3) is 0 Å². The third kappa shape index (κ3) is 3.52. The van der Waals surface area contributed by atoms with Crippen molar-refractivity contribution in [3.05, 3.63) is 21.9 Å². The summed E-state index contributed by atoms with van der Waals surface area (Å²) in [7, 11) is 0. The van der Waals surface area contributed by atoms with Crippen LogP contribution in [-0.4, -0.2) is 55.3 Å². The van der Waals surface area contributed by atoms with E-state index in [0.29, 0.717) is 37.4 Å². The number of likely N-dealkylation sites (tertiary alicyclic amines) is 1. The first-order valence-corrected chi connectivity index (χ1v) is 9.79. The van der Waals surface area contributed by atoms with Crippen molar-refractivity contribution < 1.29 is 14.4 Å². The van der Waals surface area contributed by atoms with Crippen LogP contribution < -0.4 is 0 Å². The molecule has 3 aliphatic heterocycles. The lowest BCUT2D eigenvalue weighted by atomic mass is 9.81. The summed E-state index contributed by atoms with van der Waals surface area (Å²) in [6.07, 6.45) is 1.51. The van der Waals surface area contributed by atoms with E-state index in [-0.39, 0.29) is 5.91 Å². The van der Waals surface area contributed by atoms with Gasteiger partial charge in [0.05, 0.1) is 26.4 Å². The standard InChI is InChI=1S/C18H26N2O3S/c1-13-3-4-16(24-13)9-19-8-15-12-22-11-14(17(15)10-19)7-18(21)20-5-2-6-23-20/h3-4,14-15,17H,2,5-12H2,1H3/t14-,15-,17+/m1/s1. The lowest BCUT2D eigenvalue weighted by Gasteiger charge is -2.33. The summed E-state index contributed by atoms with van der Waals surface area (Å²) >= 11 is 1.89. The van der Waals surface area contributed by atoms with Crippen molar-refractivity contribution >= 4 is 17.2 Å². The monoisotopic (exact) mass is 350 g/mol. The molecule has 3 atom stereocenters. The fourth-order valence-corrected chi connectivity index (χ4v) is 5.23. The van der Waals surface area contributed by atoms with Crippen LogP contribution in [0.15, 0.2) is 12.1 Å². The number of ether oxygens (including phenoxy) is 1. The van der Waals surface area contributed by atoms with Crippen LogP contribution in [0.3, 0.4) is 0 Å². The number of carbonyl (C=O) groups is 1. The topological polar surface area (TPSA) is 42.0 Å². The molecule has 1 amide bonds. The number of hydrogen-bond donors (Lipinski definition) is 0. The average molecular weight is 350 g/mol. The number of nitrogens with zero attached hydrogens (tertiary/aromatic N) is 2. The Kier molecular flexibility index (Phi) is 4.90. The first-order chi connectivity index (χ1) is 11.7. The summed E-state index contributed by atoms with van der Waals surface area (Å²) in [6, 6.07) is 4.44. The number of aryl methyl sites for hydroxylation is 1. The molecule has 0 saturated carbocycles. The minimum absolute atomic E-state index is 0.133. The molecule has 3 aliphatic rings. The highest BCUT2D eigenvalue weighted by atomic mass is 32.1. The van der Waals surface area contributed by atoms with E-state index in [1.54, 1.807) is 5.06 Å². The molecular weight excluding hydrogens is 324 g/mol. The van der Waals surface area contributed by atoms with Crippen molar-refractivity contribution in [2.75, 3.05) is 39.5 Å². The van der Waals surface area contributed by atoms with Crippen molar-refractivity contribution in [1.29, 1.82) is 0 Å². The van der Waals surface area contributed by atoms with E-state index < -0.39 is 0 Å². The Morgan fingerprint density at radius 1 is 1.33 bits per heavy atom. The molecule has 4 heterocycles. The smallest absolute Gasteiger partial charge is 0.246 e. The van der Waals surface area contributed by atoms with E-state index in [0.717, 1.165) is 39.2 Å². The van der Waals surface area contributed by atoms with Crippen LogP contribution in [0.5, 0.6) is 0 Å². The maximum Gasteiger partial charge on any atom is 0.246 e. The molecule has 132 valence electrons. The predicted octanol–water partition coefficient (Wildman–Crippen LogP) is 2.30. The molecule has 24 heavy (non-hydrogen) atoms. The van der Waals surface area contributed by atoms with Crippen molar-refractivity contribution in [3.63, 3.8) is 0 Å². The molecule has 0 spiro atoms. The van der Waals surface area contributed by atoms with E-state index in [1.165, 1.54) is 9.75 Å². The number of amides is 1. The Balaban J connectivity index is 1.36. The summed E-state index contributed by atoms with van der Waals surface area (Å²) in [4.78, 5) is 23.2. The lowest BCUT2D eigenvalue weighted by Crippen LogP contribution is -2.38. The van der Waals surface area contributed by atoms with Crippen LogP contribution in [0, 0.1) is 24.7 Å². The molecule has 1 aromatic heterocycles. The number of hydrogen-bond acceptors (Lipinski definition) is 5. The van der Waals surface area contributed by atoms with Crippen LogP contribution in [-0.2, 0) is 20.9 Å². The molecule has 0 radical (unpaired) electrons. The van der Waals surface area contributed by atoms with E-state index in [9.17, 15) is 4.79 Å². The van der Waals surface area contributed by atoms with Gasteiger partial charge in [-0.15, -0.1) is 11.3 Å². The molecule has 5 nitrogen and oxygen atoms in total. The first kappa shape index (κ1) is 16.5. The summed E-state index contributed by atoms with van der Waals surface area (Å²) in [5.41, 5.74) is 0. The predicted molar refractivity (Wildman–Crippen MR) is 92.5 cm³/mol. The molecule has 3 saturated heterocycles. The number of hydroxylamine groups is 2. The molecule has 4 rings (SSSR count). The lowest BCUT2D eigenvalue weighted by molar-refractivity contribution is -0.171. The molecule has 0 aliphatic carbocycles. The van der Waals surface area contributed by atoms with Gasteiger partial charge in [0.1, 0.15) is 0 Å². The molecule has 0 N–H and O–H groups in total. The third-order valence-corrected chi connectivity index (χ3v) is 6.47. The van der Waals surface area contributed by atoms with E-state index in [1.807, 2.05) is 11.3 Å². The van der Waals surface area contributed by atoms with Gasteiger partial charge in [-0.05, 0) is 43.2 Å². The van der Waals surface area contributed by atoms with Crippen LogP contribution in [0.2, 0.25) is 0 Å². The largest absolute Gasteiger partial charge is 0.381 e. The average Bonchev–Trinajstić information content (AvgIpc) is 3.28. The highest BCUT2D eigenvalue weighted by Gasteiger charge is 2.42. The zero-order valence-corrected chi connectivity index (χ0v) is 15.1. The Bertz CT molecular complexity index is 585. The number of rotatable bonds is 4. The molecule has 0 unspecified atom stereocenters. The quantitative estimate of drug-likeness (QED) is 0.836. The van der Waals surface area contributed by atoms with Crippen molar-refractivity contribution in [3.8, 4) is 0 Å². The zero-order chi connectivity index (χ0) is 16.5. The van der Waals surface area contributed by atoms with E-state index >= 15 is 0 Å². The van der Waals surface area contributed by atoms with Crippen LogP contribution in [0.4, 0.5) is 0 Å². The van der Waals surface area contributed by atoms with Gasteiger partial charge in [-0.3, -0.25) is 14.5 Å². The minimum Gasteiger partial charge on any atom is -0.381 e.